The Kier molecular flexibility index (Phi) is 5.98. The highest BCUT2D eigenvalue weighted by Gasteiger charge is 2.07. The Hall–Kier alpha value is -1.85. The van der Waals surface area contributed by atoms with Crippen LogP contribution in [0.3, 0.4) is 0 Å². The Morgan fingerprint density at radius 3 is 2.45 bits per heavy atom. The zero-order valence-electron chi connectivity index (χ0n) is 11.6. The monoisotopic (exact) mass is 380 g/mol. The number of nitrogens with one attached hydrogen (secondary N) is 2. The van der Waals surface area contributed by atoms with E-state index < -0.39 is 0 Å². The first kappa shape index (κ1) is 16.5. The molecular formula is C16H14BrClN2O2. The van der Waals surface area contributed by atoms with Crippen LogP contribution in [0.1, 0.15) is 5.56 Å². The molecule has 2 amide bonds. The van der Waals surface area contributed by atoms with Crippen molar-refractivity contribution in [1.82, 2.24) is 5.32 Å². The Balaban J connectivity index is 1.78. The van der Waals surface area contributed by atoms with Crippen molar-refractivity contribution in [3.63, 3.8) is 0 Å². The number of carbonyl (C=O) groups excluding carboxylic acids is 2. The number of halogens is 2. The summed E-state index contributed by atoms with van der Waals surface area (Å²) < 4.78 is 0.931. The third-order valence-electron chi connectivity index (χ3n) is 2.83. The van der Waals surface area contributed by atoms with Crippen LogP contribution < -0.4 is 10.6 Å². The molecule has 0 aliphatic heterocycles. The molecule has 0 saturated carbocycles. The van der Waals surface area contributed by atoms with Gasteiger partial charge in [-0.25, -0.2) is 0 Å². The second kappa shape index (κ2) is 7.96. The van der Waals surface area contributed by atoms with E-state index in [-0.39, 0.29) is 24.8 Å². The van der Waals surface area contributed by atoms with Crippen LogP contribution in [0.25, 0.3) is 0 Å². The molecule has 114 valence electrons. The summed E-state index contributed by atoms with van der Waals surface area (Å²) in [6.07, 6.45) is 0.187. The van der Waals surface area contributed by atoms with Gasteiger partial charge in [0.05, 0.1) is 13.0 Å². The minimum absolute atomic E-state index is 0.0739. The van der Waals surface area contributed by atoms with E-state index >= 15 is 0 Å². The van der Waals surface area contributed by atoms with Crippen LogP contribution >= 0.6 is 27.5 Å². The standard InChI is InChI=1S/C16H14BrClN2O2/c17-12-4-6-14(7-5-12)20-16(22)10-19-15(21)9-11-2-1-3-13(18)8-11/h1-8H,9-10H2,(H,19,21)(H,20,22). The molecule has 0 aliphatic carbocycles. The van der Waals surface area contributed by atoms with E-state index in [1.807, 2.05) is 18.2 Å². The summed E-state index contributed by atoms with van der Waals surface area (Å²) in [4.78, 5) is 23.5. The Labute approximate surface area is 142 Å². The molecule has 0 radical (unpaired) electrons. The summed E-state index contributed by atoms with van der Waals surface area (Å²) in [6, 6.07) is 14.3. The van der Waals surface area contributed by atoms with Crippen molar-refractivity contribution >= 4 is 45.0 Å². The normalized spacial score (nSPS) is 10.1. The molecule has 2 aromatic rings. The molecule has 0 spiro atoms. The zero-order chi connectivity index (χ0) is 15.9. The quantitative estimate of drug-likeness (QED) is 0.834. The maximum atomic E-state index is 11.8. The van der Waals surface area contributed by atoms with Gasteiger partial charge in [-0.1, -0.05) is 39.7 Å². The number of hydrogen-bond acceptors (Lipinski definition) is 2. The van der Waals surface area contributed by atoms with E-state index in [1.54, 1.807) is 30.3 Å². The first-order chi connectivity index (χ1) is 10.5. The fraction of sp³-hybridized carbons (Fsp3) is 0.125. The highest BCUT2D eigenvalue weighted by atomic mass is 79.9. The van der Waals surface area contributed by atoms with Crippen molar-refractivity contribution in [1.29, 1.82) is 0 Å². The molecule has 0 fully saturated rings. The molecule has 0 atom stereocenters. The molecule has 0 bridgehead atoms. The lowest BCUT2D eigenvalue weighted by Crippen LogP contribution is -2.33. The largest absolute Gasteiger partial charge is 0.347 e. The van der Waals surface area contributed by atoms with Crippen LogP contribution in [0.15, 0.2) is 53.0 Å². The van der Waals surface area contributed by atoms with Gasteiger partial charge < -0.3 is 10.6 Å². The second-order valence-corrected chi connectivity index (χ2v) is 5.99. The molecule has 0 unspecified atom stereocenters. The van der Waals surface area contributed by atoms with Crippen LogP contribution in [-0.2, 0) is 16.0 Å². The Morgan fingerprint density at radius 1 is 1.05 bits per heavy atom. The number of amides is 2. The van der Waals surface area contributed by atoms with Gasteiger partial charge in [0.15, 0.2) is 0 Å². The van der Waals surface area contributed by atoms with E-state index in [9.17, 15) is 9.59 Å². The highest BCUT2D eigenvalue weighted by molar-refractivity contribution is 9.10. The molecule has 4 nitrogen and oxygen atoms in total. The van der Waals surface area contributed by atoms with Crippen molar-refractivity contribution in [3.8, 4) is 0 Å². The van der Waals surface area contributed by atoms with Crippen LogP contribution in [-0.4, -0.2) is 18.4 Å². The summed E-state index contributed by atoms with van der Waals surface area (Å²) in [7, 11) is 0. The SMILES string of the molecule is O=C(Cc1cccc(Cl)c1)NCC(=O)Nc1ccc(Br)cc1. The molecule has 2 aromatic carbocycles. The number of benzene rings is 2. The molecular weight excluding hydrogens is 368 g/mol. The molecule has 6 heteroatoms. The van der Waals surface area contributed by atoms with Crippen LogP contribution in [0.2, 0.25) is 5.02 Å². The maximum Gasteiger partial charge on any atom is 0.243 e. The predicted molar refractivity (Wildman–Crippen MR) is 90.9 cm³/mol. The zero-order valence-corrected chi connectivity index (χ0v) is 13.9. The smallest absolute Gasteiger partial charge is 0.243 e. The van der Waals surface area contributed by atoms with Gasteiger partial charge in [0.2, 0.25) is 11.8 Å². The third-order valence-corrected chi connectivity index (χ3v) is 3.59. The number of anilines is 1. The van der Waals surface area contributed by atoms with Gasteiger partial charge in [-0.15, -0.1) is 0 Å². The van der Waals surface area contributed by atoms with Gasteiger partial charge >= 0.3 is 0 Å². The van der Waals surface area contributed by atoms with E-state index in [2.05, 4.69) is 26.6 Å². The van der Waals surface area contributed by atoms with Crippen molar-refractivity contribution in [3.05, 3.63) is 63.6 Å². The summed E-state index contributed by atoms with van der Waals surface area (Å²) in [5, 5.41) is 5.86. The summed E-state index contributed by atoms with van der Waals surface area (Å²) in [5.74, 6) is -0.505. The number of hydrogen-bond donors (Lipinski definition) is 2. The summed E-state index contributed by atoms with van der Waals surface area (Å²) in [6.45, 7) is -0.0739. The van der Waals surface area contributed by atoms with E-state index in [0.29, 0.717) is 10.7 Å². The van der Waals surface area contributed by atoms with Gasteiger partial charge in [-0.2, -0.15) is 0 Å². The van der Waals surface area contributed by atoms with Crippen LogP contribution in [0, 0.1) is 0 Å². The minimum atomic E-state index is -0.276. The van der Waals surface area contributed by atoms with Crippen LogP contribution in [0.5, 0.6) is 0 Å². The molecule has 2 N–H and O–H groups in total. The molecule has 22 heavy (non-hydrogen) atoms. The molecule has 0 aliphatic rings. The van der Waals surface area contributed by atoms with E-state index in [0.717, 1.165) is 10.0 Å². The van der Waals surface area contributed by atoms with Gasteiger partial charge in [-0.3, -0.25) is 9.59 Å². The lowest BCUT2D eigenvalue weighted by Gasteiger charge is -2.07. The average Bonchev–Trinajstić information content (AvgIpc) is 2.48. The predicted octanol–water partition coefficient (Wildman–Crippen LogP) is 3.40. The fourth-order valence-corrected chi connectivity index (χ4v) is 2.29. The topological polar surface area (TPSA) is 58.2 Å². The molecule has 0 heterocycles. The lowest BCUT2D eigenvalue weighted by molar-refractivity contribution is -0.123. The lowest BCUT2D eigenvalue weighted by atomic mass is 10.1. The Bertz CT molecular complexity index is 674. The molecule has 0 aromatic heterocycles. The van der Waals surface area contributed by atoms with Crippen molar-refractivity contribution in [2.24, 2.45) is 0 Å². The van der Waals surface area contributed by atoms with E-state index in [4.69, 9.17) is 11.6 Å². The number of carbonyl (C=O) groups is 2. The van der Waals surface area contributed by atoms with Gasteiger partial charge in [0.1, 0.15) is 0 Å². The second-order valence-electron chi connectivity index (χ2n) is 4.64. The first-order valence-corrected chi connectivity index (χ1v) is 7.76. The number of rotatable bonds is 5. The first-order valence-electron chi connectivity index (χ1n) is 6.59. The molecule has 2 rings (SSSR count). The van der Waals surface area contributed by atoms with E-state index in [1.165, 1.54) is 0 Å². The van der Waals surface area contributed by atoms with Crippen molar-refractivity contribution < 1.29 is 9.59 Å². The molecule has 0 saturated heterocycles. The van der Waals surface area contributed by atoms with Gasteiger partial charge in [0.25, 0.3) is 0 Å². The average molecular weight is 382 g/mol. The maximum absolute atomic E-state index is 11.8. The Morgan fingerprint density at radius 2 is 1.77 bits per heavy atom. The van der Waals surface area contributed by atoms with Gasteiger partial charge in [-0.05, 0) is 42.0 Å². The van der Waals surface area contributed by atoms with Crippen LogP contribution in [0.4, 0.5) is 5.69 Å². The summed E-state index contributed by atoms with van der Waals surface area (Å²) >= 11 is 9.18. The minimum Gasteiger partial charge on any atom is -0.347 e. The van der Waals surface area contributed by atoms with Crippen molar-refractivity contribution in [2.75, 3.05) is 11.9 Å². The third kappa shape index (κ3) is 5.50. The fourth-order valence-electron chi connectivity index (χ4n) is 1.81. The van der Waals surface area contributed by atoms with Gasteiger partial charge in [0, 0.05) is 15.2 Å². The summed E-state index contributed by atoms with van der Waals surface area (Å²) in [5.41, 5.74) is 1.48. The van der Waals surface area contributed by atoms with Crippen molar-refractivity contribution in [2.45, 2.75) is 6.42 Å². The highest BCUT2D eigenvalue weighted by Crippen LogP contribution is 2.14.